The van der Waals surface area contributed by atoms with Crippen molar-refractivity contribution in [2.24, 2.45) is 46.3 Å². The van der Waals surface area contributed by atoms with Gasteiger partial charge < -0.3 is 15.3 Å². The minimum Gasteiger partial charge on any atom is -0.481 e. The maximum atomic E-state index is 11.6. The number of carboxylic acid groups (broad SMARTS) is 1. The number of fused-ring (bicyclic) bond motifs is 5. The van der Waals surface area contributed by atoms with Crippen molar-refractivity contribution in [3.05, 3.63) is 0 Å². The molecule has 3 unspecified atom stereocenters. The average Bonchev–Trinajstić information content (AvgIpc) is 2.97. The number of carboxylic acids is 1. The first kappa shape index (κ1) is 21.6. The molecule has 0 aromatic rings. The van der Waals surface area contributed by atoms with Crippen molar-refractivity contribution in [2.75, 3.05) is 0 Å². The van der Waals surface area contributed by atoms with E-state index in [1.807, 2.05) is 0 Å². The zero-order chi connectivity index (χ0) is 21.0. The zero-order valence-corrected chi connectivity index (χ0v) is 18.6. The molecule has 4 heteroatoms. The van der Waals surface area contributed by atoms with Crippen LogP contribution in [0, 0.1) is 46.3 Å². The number of hydrogen-bond donors (Lipinski definition) is 3. The zero-order valence-electron chi connectivity index (χ0n) is 18.6. The molecule has 0 heterocycles. The van der Waals surface area contributed by atoms with Crippen LogP contribution in [0.2, 0.25) is 0 Å². The third-order valence-corrected chi connectivity index (χ3v) is 10.4. The summed E-state index contributed by atoms with van der Waals surface area (Å²) in [5.74, 6) is 1.57. The Morgan fingerprint density at radius 1 is 1.03 bits per heavy atom. The van der Waals surface area contributed by atoms with E-state index in [2.05, 4.69) is 20.8 Å². The Kier molecular flexibility index (Phi) is 5.83. The highest BCUT2D eigenvalue weighted by molar-refractivity contribution is 5.66. The van der Waals surface area contributed by atoms with Crippen molar-refractivity contribution >= 4 is 5.97 Å². The highest BCUT2D eigenvalue weighted by Gasteiger charge is 2.66. The van der Waals surface area contributed by atoms with Crippen molar-refractivity contribution in [1.82, 2.24) is 0 Å². The molecular weight excluding hydrogens is 364 g/mol. The van der Waals surface area contributed by atoms with Gasteiger partial charge >= 0.3 is 5.97 Å². The highest BCUT2D eigenvalue weighted by Crippen LogP contribution is 2.69. The predicted octanol–water partition coefficient (Wildman–Crippen LogP) is 4.87. The van der Waals surface area contributed by atoms with Crippen LogP contribution in [0.4, 0.5) is 0 Å². The van der Waals surface area contributed by atoms with Crippen LogP contribution >= 0.6 is 0 Å². The lowest BCUT2D eigenvalue weighted by Crippen LogP contribution is -2.65. The second kappa shape index (κ2) is 7.82. The summed E-state index contributed by atoms with van der Waals surface area (Å²) in [7, 11) is 0. The van der Waals surface area contributed by atoms with Crippen LogP contribution in [0.5, 0.6) is 0 Å². The lowest BCUT2D eigenvalue weighted by atomic mass is 9.41. The van der Waals surface area contributed by atoms with Gasteiger partial charge in [0.15, 0.2) is 0 Å². The molecule has 10 atom stereocenters. The second-order valence-corrected chi connectivity index (χ2v) is 11.5. The molecule has 0 aromatic heterocycles. The van der Waals surface area contributed by atoms with Gasteiger partial charge in [-0.05, 0) is 91.3 Å². The minimum atomic E-state index is -0.710. The smallest absolute Gasteiger partial charge is 0.303 e. The fourth-order valence-electron chi connectivity index (χ4n) is 9.23. The molecule has 3 N–H and O–H groups in total. The Hall–Kier alpha value is -0.610. The maximum absolute atomic E-state index is 11.6. The van der Waals surface area contributed by atoms with Crippen molar-refractivity contribution in [1.29, 1.82) is 0 Å². The lowest BCUT2D eigenvalue weighted by Gasteiger charge is -2.65. The summed E-state index contributed by atoms with van der Waals surface area (Å²) in [4.78, 5) is 11.0. The highest BCUT2D eigenvalue weighted by atomic mass is 16.4. The van der Waals surface area contributed by atoms with Crippen LogP contribution in [0.3, 0.4) is 0 Å². The molecule has 0 spiro atoms. The van der Waals surface area contributed by atoms with Crippen LogP contribution < -0.4 is 0 Å². The molecule has 0 aliphatic heterocycles. The van der Waals surface area contributed by atoms with Gasteiger partial charge in [-0.2, -0.15) is 0 Å². The van der Waals surface area contributed by atoms with E-state index in [1.54, 1.807) is 0 Å². The van der Waals surface area contributed by atoms with Gasteiger partial charge in [-0.15, -0.1) is 0 Å². The molecular formula is C25H42O4. The first-order valence-corrected chi connectivity index (χ1v) is 12.3. The second-order valence-electron chi connectivity index (χ2n) is 11.5. The Morgan fingerprint density at radius 2 is 1.79 bits per heavy atom. The SMILES string of the molecule is CC[C@H]1[C@@H](O)C2C3CC[C@H](CCCC(=O)O)[C@@]3(C)C[C@H](O)C2[C@@]2(C)CCCC[C@@H]12. The first-order chi connectivity index (χ1) is 13.7. The van der Waals surface area contributed by atoms with Crippen LogP contribution in [0.1, 0.15) is 91.4 Å². The molecule has 4 aliphatic carbocycles. The summed E-state index contributed by atoms with van der Waals surface area (Å²) in [6.07, 6.45) is 10.4. The van der Waals surface area contributed by atoms with E-state index in [4.69, 9.17) is 5.11 Å². The number of carbonyl (C=O) groups is 1. The number of aliphatic hydroxyl groups excluding tert-OH is 2. The van der Waals surface area contributed by atoms with E-state index in [9.17, 15) is 15.0 Å². The fourth-order valence-corrected chi connectivity index (χ4v) is 9.23. The largest absolute Gasteiger partial charge is 0.481 e. The normalized spacial score (nSPS) is 51.8. The molecule has 4 rings (SSSR count). The van der Waals surface area contributed by atoms with Crippen LogP contribution in [-0.2, 0) is 4.79 Å². The van der Waals surface area contributed by atoms with Gasteiger partial charge in [0, 0.05) is 6.42 Å². The Labute approximate surface area is 176 Å². The molecule has 0 radical (unpaired) electrons. The summed E-state index contributed by atoms with van der Waals surface area (Å²) in [5, 5.41) is 32.2. The summed E-state index contributed by atoms with van der Waals surface area (Å²) in [6, 6.07) is 0. The van der Waals surface area contributed by atoms with Crippen LogP contribution in [-0.4, -0.2) is 33.5 Å². The number of hydrogen-bond acceptors (Lipinski definition) is 3. The van der Waals surface area contributed by atoms with Crippen molar-refractivity contribution in [2.45, 2.75) is 104 Å². The molecule has 166 valence electrons. The van der Waals surface area contributed by atoms with E-state index in [1.165, 1.54) is 25.7 Å². The van der Waals surface area contributed by atoms with Crippen molar-refractivity contribution < 1.29 is 20.1 Å². The minimum absolute atomic E-state index is 0.0379. The van der Waals surface area contributed by atoms with E-state index in [0.29, 0.717) is 23.7 Å². The van der Waals surface area contributed by atoms with E-state index < -0.39 is 5.97 Å². The third kappa shape index (κ3) is 3.28. The van der Waals surface area contributed by atoms with E-state index in [-0.39, 0.29) is 41.3 Å². The van der Waals surface area contributed by atoms with Crippen LogP contribution in [0.25, 0.3) is 0 Å². The molecule has 0 bridgehead atoms. The quantitative estimate of drug-likeness (QED) is 0.609. The Bertz CT molecular complexity index is 620. The molecule has 0 saturated heterocycles. The monoisotopic (exact) mass is 406 g/mol. The van der Waals surface area contributed by atoms with Gasteiger partial charge in [-0.25, -0.2) is 0 Å². The predicted molar refractivity (Wildman–Crippen MR) is 113 cm³/mol. The molecule has 4 fully saturated rings. The molecule has 0 amide bonds. The van der Waals surface area contributed by atoms with Gasteiger partial charge in [0.1, 0.15) is 0 Å². The molecule has 0 aromatic carbocycles. The number of aliphatic hydroxyl groups is 2. The van der Waals surface area contributed by atoms with E-state index in [0.717, 1.165) is 38.5 Å². The molecule has 29 heavy (non-hydrogen) atoms. The summed E-state index contributed by atoms with van der Waals surface area (Å²) in [6.45, 7) is 7.03. The molecule has 4 nitrogen and oxygen atoms in total. The molecule has 4 aliphatic rings. The van der Waals surface area contributed by atoms with Gasteiger partial charge in [-0.1, -0.05) is 40.0 Å². The standard InChI is InChI=1S/C25H42O4/c1-4-16-17-9-5-6-13-24(17,2)22-19(26)14-25(3)15(8-7-10-20(27)28)11-12-18(25)21(22)23(16)29/h15-19,21-23,26,29H,4-14H2,1-3H3,(H,27,28)/t15-,16+,17-,18?,19-,21?,22?,23+,24-,25+/m0/s1. The Balaban J connectivity index is 1.64. The summed E-state index contributed by atoms with van der Waals surface area (Å²) in [5.41, 5.74) is 0.196. The fraction of sp³-hybridized carbons (Fsp3) is 0.960. The average molecular weight is 407 g/mol. The maximum Gasteiger partial charge on any atom is 0.303 e. The van der Waals surface area contributed by atoms with Gasteiger partial charge in [0.05, 0.1) is 12.2 Å². The number of aliphatic carboxylic acids is 1. The van der Waals surface area contributed by atoms with Gasteiger partial charge in [0.25, 0.3) is 0 Å². The summed E-state index contributed by atoms with van der Waals surface area (Å²) >= 11 is 0. The van der Waals surface area contributed by atoms with Crippen LogP contribution in [0.15, 0.2) is 0 Å². The third-order valence-electron chi connectivity index (χ3n) is 10.4. The Morgan fingerprint density at radius 3 is 2.48 bits per heavy atom. The molecule has 4 saturated carbocycles. The van der Waals surface area contributed by atoms with Crippen molar-refractivity contribution in [3.63, 3.8) is 0 Å². The van der Waals surface area contributed by atoms with E-state index >= 15 is 0 Å². The van der Waals surface area contributed by atoms with Crippen molar-refractivity contribution in [3.8, 4) is 0 Å². The topological polar surface area (TPSA) is 77.8 Å². The summed E-state index contributed by atoms with van der Waals surface area (Å²) < 4.78 is 0. The lowest BCUT2D eigenvalue weighted by molar-refractivity contribution is -0.227. The first-order valence-electron chi connectivity index (χ1n) is 12.3. The van der Waals surface area contributed by atoms with Gasteiger partial charge in [0.2, 0.25) is 0 Å². The number of rotatable bonds is 5. The van der Waals surface area contributed by atoms with Gasteiger partial charge in [-0.3, -0.25) is 4.79 Å².